The average Bonchev–Trinajstić information content (AvgIpc) is 2.46. The predicted molar refractivity (Wildman–Crippen MR) is 75.3 cm³/mol. The highest BCUT2D eigenvalue weighted by molar-refractivity contribution is 6.00. The Labute approximate surface area is 113 Å². The van der Waals surface area contributed by atoms with E-state index in [9.17, 15) is 4.79 Å². The van der Waals surface area contributed by atoms with Crippen LogP contribution < -0.4 is 10.6 Å². The van der Waals surface area contributed by atoms with Crippen LogP contribution in [0, 0.1) is 11.3 Å². The number of nitrogens with two attached hydrogens (primary N) is 1. The molecule has 4 heteroatoms. The Morgan fingerprint density at radius 1 is 1.21 bits per heavy atom. The van der Waals surface area contributed by atoms with Crippen molar-refractivity contribution in [3.63, 3.8) is 0 Å². The minimum absolute atomic E-state index is 0.0225. The molecule has 0 radical (unpaired) electrons. The number of hydrogen-bond acceptors (Lipinski definition) is 3. The van der Waals surface area contributed by atoms with E-state index >= 15 is 0 Å². The number of rotatable bonds is 3. The van der Waals surface area contributed by atoms with Gasteiger partial charge in [-0.2, -0.15) is 5.26 Å². The molecule has 19 heavy (non-hydrogen) atoms. The van der Waals surface area contributed by atoms with E-state index < -0.39 is 5.91 Å². The molecule has 98 valence electrons. The van der Waals surface area contributed by atoms with E-state index in [4.69, 9.17) is 11.0 Å². The largest absolute Gasteiger partial charge is 0.372 e. The maximum absolute atomic E-state index is 11.0. The molecule has 0 saturated carbocycles. The van der Waals surface area contributed by atoms with E-state index in [0.29, 0.717) is 0 Å². The molecule has 4 nitrogen and oxygen atoms in total. The van der Waals surface area contributed by atoms with Crippen LogP contribution in [0.4, 0.5) is 5.69 Å². The Kier molecular flexibility index (Phi) is 4.19. The Bertz CT molecular complexity index is 519. The summed E-state index contributed by atoms with van der Waals surface area (Å²) < 4.78 is 0. The number of nitriles is 1. The second-order valence-corrected chi connectivity index (χ2v) is 4.67. The van der Waals surface area contributed by atoms with E-state index in [1.165, 1.54) is 31.0 Å². The molecule has 1 aromatic carbocycles. The molecular formula is C15H17N3O. The van der Waals surface area contributed by atoms with Crippen LogP contribution in [0.25, 0.3) is 6.08 Å². The number of primary amides is 1. The number of carbonyl (C=O) groups is 1. The molecule has 2 rings (SSSR count). The van der Waals surface area contributed by atoms with E-state index in [2.05, 4.69) is 4.90 Å². The van der Waals surface area contributed by atoms with Crippen LogP contribution in [0.15, 0.2) is 29.8 Å². The van der Waals surface area contributed by atoms with Gasteiger partial charge in [0.15, 0.2) is 0 Å². The second-order valence-electron chi connectivity index (χ2n) is 4.67. The van der Waals surface area contributed by atoms with Crippen LogP contribution in [-0.2, 0) is 4.79 Å². The zero-order valence-electron chi connectivity index (χ0n) is 10.8. The van der Waals surface area contributed by atoms with Gasteiger partial charge in [0.2, 0.25) is 0 Å². The maximum atomic E-state index is 11.0. The summed E-state index contributed by atoms with van der Waals surface area (Å²) in [4.78, 5) is 13.3. The fraction of sp³-hybridized carbons (Fsp3) is 0.333. The van der Waals surface area contributed by atoms with Crippen molar-refractivity contribution in [2.45, 2.75) is 19.3 Å². The molecule has 0 atom stereocenters. The van der Waals surface area contributed by atoms with E-state index in [-0.39, 0.29) is 5.57 Å². The molecule has 1 heterocycles. The Hall–Kier alpha value is -2.28. The molecule has 0 spiro atoms. The number of benzene rings is 1. The fourth-order valence-corrected chi connectivity index (χ4v) is 2.26. The van der Waals surface area contributed by atoms with Gasteiger partial charge in [-0.1, -0.05) is 12.1 Å². The molecule has 1 aromatic rings. The number of anilines is 1. The summed E-state index contributed by atoms with van der Waals surface area (Å²) in [5, 5.41) is 8.79. The number of nitrogens with zero attached hydrogens (tertiary/aromatic N) is 2. The smallest absolute Gasteiger partial charge is 0.259 e. The normalized spacial score (nSPS) is 15.9. The summed E-state index contributed by atoms with van der Waals surface area (Å²) in [5.41, 5.74) is 7.09. The van der Waals surface area contributed by atoms with E-state index in [0.717, 1.165) is 18.7 Å². The summed E-state index contributed by atoms with van der Waals surface area (Å²) in [7, 11) is 0. The average molecular weight is 255 g/mol. The molecular weight excluding hydrogens is 238 g/mol. The lowest BCUT2D eigenvalue weighted by Crippen LogP contribution is -2.29. The second kappa shape index (κ2) is 6.05. The van der Waals surface area contributed by atoms with Gasteiger partial charge >= 0.3 is 0 Å². The minimum Gasteiger partial charge on any atom is -0.372 e. The lowest BCUT2D eigenvalue weighted by atomic mass is 10.1. The topological polar surface area (TPSA) is 70.1 Å². The maximum Gasteiger partial charge on any atom is 0.259 e. The molecule has 0 aliphatic carbocycles. The first kappa shape index (κ1) is 13.2. The monoisotopic (exact) mass is 255 g/mol. The van der Waals surface area contributed by atoms with Crippen LogP contribution >= 0.6 is 0 Å². The quantitative estimate of drug-likeness (QED) is 0.664. The lowest BCUT2D eigenvalue weighted by Gasteiger charge is -2.28. The first-order valence-corrected chi connectivity index (χ1v) is 6.47. The summed E-state index contributed by atoms with van der Waals surface area (Å²) in [6.45, 7) is 2.19. The summed E-state index contributed by atoms with van der Waals surface area (Å²) in [6, 6.07) is 9.66. The van der Waals surface area contributed by atoms with Crippen LogP contribution in [0.1, 0.15) is 24.8 Å². The molecule has 0 bridgehead atoms. The van der Waals surface area contributed by atoms with Crippen molar-refractivity contribution in [3.8, 4) is 6.07 Å². The van der Waals surface area contributed by atoms with E-state index in [1.54, 1.807) is 6.07 Å². The van der Waals surface area contributed by atoms with Crippen molar-refractivity contribution < 1.29 is 4.79 Å². The van der Waals surface area contributed by atoms with Crippen molar-refractivity contribution >= 4 is 17.7 Å². The van der Waals surface area contributed by atoms with Gasteiger partial charge in [-0.25, -0.2) is 0 Å². The lowest BCUT2D eigenvalue weighted by molar-refractivity contribution is -0.114. The van der Waals surface area contributed by atoms with Crippen LogP contribution in [0.3, 0.4) is 0 Å². The predicted octanol–water partition coefficient (Wildman–Crippen LogP) is 2.07. The van der Waals surface area contributed by atoms with Crippen molar-refractivity contribution in [3.05, 3.63) is 35.4 Å². The van der Waals surface area contributed by atoms with Crippen molar-refractivity contribution in [2.75, 3.05) is 18.0 Å². The summed E-state index contributed by atoms with van der Waals surface area (Å²) in [6.07, 6.45) is 5.30. The van der Waals surface area contributed by atoms with Crippen LogP contribution in [-0.4, -0.2) is 19.0 Å². The molecule has 2 N–H and O–H groups in total. The molecule has 1 saturated heterocycles. The third-order valence-corrected chi connectivity index (χ3v) is 3.31. The van der Waals surface area contributed by atoms with Crippen LogP contribution in [0.5, 0.6) is 0 Å². The van der Waals surface area contributed by atoms with Gasteiger partial charge in [0.25, 0.3) is 5.91 Å². The standard InChI is InChI=1S/C15H17N3O/c16-11-13(15(17)19)10-12-4-6-14(7-5-12)18-8-2-1-3-9-18/h4-7,10H,1-3,8-9H2,(H2,17,19)/b13-10-. The summed E-state index contributed by atoms with van der Waals surface area (Å²) >= 11 is 0. The molecule has 0 aromatic heterocycles. The number of hydrogen-bond donors (Lipinski definition) is 1. The third kappa shape index (κ3) is 3.35. The fourth-order valence-electron chi connectivity index (χ4n) is 2.26. The minimum atomic E-state index is -0.692. The summed E-state index contributed by atoms with van der Waals surface area (Å²) in [5.74, 6) is -0.692. The molecule has 0 unspecified atom stereocenters. The van der Waals surface area contributed by atoms with Gasteiger partial charge in [-0.05, 0) is 43.0 Å². The van der Waals surface area contributed by atoms with Gasteiger partial charge in [0.1, 0.15) is 11.6 Å². The third-order valence-electron chi connectivity index (χ3n) is 3.31. The molecule has 1 amide bonds. The van der Waals surface area contributed by atoms with Gasteiger partial charge < -0.3 is 10.6 Å². The van der Waals surface area contributed by atoms with Crippen molar-refractivity contribution in [1.29, 1.82) is 5.26 Å². The molecule has 1 aliphatic rings. The van der Waals surface area contributed by atoms with Crippen molar-refractivity contribution in [2.24, 2.45) is 5.73 Å². The zero-order chi connectivity index (χ0) is 13.7. The van der Waals surface area contributed by atoms with Crippen LogP contribution in [0.2, 0.25) is 0 Å². The van der Waals surface area contributed by atoms with Gasteiger partial charge in [-0.3, -0.25) is 4.79 Å². The van der Waals surface area contributed by atoms with E-state index in [1.807, 2.05) is 24.3 Å². The number of amides is 1. The Morgan fingerprint density at radius 3 is 2.37 bits per heavy atom. The number of piperidine rings is 1. The molecule has 1 aliphatic heterocycles. The van der Waals surface area contributed by atoms with Gasteiger partial charge in [0, 0.05) is 18.8 Å². The van der Waals surface area contributed by atoms with Crippen molar-refractivity contribution in [1.82, 2.24) is 0 Å². The first-order valence-electron chi connectivity index (χ1n) is 6.47. The van der Waals surface area contributed by atoms with Gasteiger partial charge in [0.05, 0.1) is 0 Å². The Balaban J connectivity index is 2.14. The highest BCUT2D eigenvalue weighted by Gasteiger charge is 2.10. The Morgan fingerprint density at radius 2 is 1.84 bits per heavy atom. The van der Waals surface area contributed by atoms with Gasteiger partial charge in [-0.15, -0.1) is 0 Å². The SMILES string of the molecule is N#C/C(=C/c1ccc(N2CCCCC2)cc1)C(N)=O. The highest BCUT2D eigenvalue weighted by atomic mass is 16.1. The zero-order valence-corrected chi connectivity index (χ0v) is 10.8. The first-order chi connectivity index (χ1) is 9.20. The highest BCUT2D eigenvalue weighted by Crippen LogP contribution is 2.20. The number of carbonyl (C=O) groups excluding carboxylic acids is 1. The molecule has 1 fully saturated rings.